The number of hydrogen-bond acceptors (Lipinski definition) is 3. The number of fused-ring (bicyclic) bond motifs is 3. The Labute approximate surface area is 191 Å². The maximum absolute atomic E-state index is 13.6. The highest BCUT2D eigenvalue weighted by Gasteiger charge is 2.34. The molecule has 0 saturated heterocycles. The van der Waals surface area contributed by atoms with E-state index in [1.807, 2.05) is 79.7 Å². The Balaban J connectivity index is 1.58. The normalized spacial score (nSPS) is 13.5. The molecule has 0 N–H and O–H groups in total. The highest BCUT2D eigenvalue weighted by Crippen LogP contribution is 2.38. The number of carbonyl (C=O) groups excluding carboxylic acids is 2. The van der Waals surface area contributed by atoms with Crippen LogP contribution >= 0.6 is 0 Å². The van der Waals surface area contributed by atoms with Gasteiger partial charge in [0.1, 0.15) is 0 Å². The van der Waals surface area contributed by atoms with Crippen molar-refractivity contribution < 1.29 is 9.59 Å². The molecule has 0 aliphatic carbocycles. The highest BCUT2D eigenvalue weighted by molar-refractivity contribution is 6.36. The fourth-order valence-corrected chi connectivity index (χ4v) is 5.23. The third-order valence-electron chi connectivity index (χ3n) is 6.70. The first-order valence-corrected chi connectivity index (χ1v) is 11.1. The molecule has 0 spiro atoms. The average molecular weight is 434 g/mol. The van der Waals surface area contributed by atoms with Crippen molar-refractivity contribution >= 4 is 55.8 Å². The molecule has 1 aliphatic rings. The van der Waals surface area contributed by atoms with E-state index in [4.69, 9.17) is 0 Å². The maximum Gasteiger partial charge on any atom is 0.265 e. The van der Waals surface area contributed by atoms with Crippen LogP contribution in [-0.2, 0) is 6.54 Å². The highest BCUT2D eigenvalue weighted by atomic mass is 16.2. The van der Waals surface area contributed by atoms with Crippen molar-refractivity contribution in [3.8, 4) is 0 Å². The molecule has 162 valence electrons. The van der Waals surface area contributed by atoms with Crippen LogP contribution in [-0.4, -0.2) is 30.5 Å². The van der Waals surface area contributed by atoms with Crippen LogP contribution in [0.4, 0.5) is 11.4 Å². The van der Waals surface area contributed by atoms with Crippen LogP contribution in [0, 0.1) is 0 Å². The first-order valence-electron chi connectivity index (χ1n) is 11.1. The lowest BCUT2D eigenvalue weighted by Crippen LogP contribution is -2.40. The Morgan fingerprint density at radius 3 is 2.18 bits per heavy atom. The van der Waals surface area contributed by atoms with Gasteiger partial charge in [0, 0.05) is 70.0 Å². The van der Waals surface area contributed by atoms with E-state index in [0.29, 0.717) is 16.8 Å². The minimum atomic E-state index is -0.285. The first kappa shape index (κ1) is 19.6. The topological polar surface area (TPSA) is 45.6 Å². The lowest BCUT2D eigenvalue weighted by atomic mass is 9.92. The fourth-order valence-electron chi connectivity index (χ4n) is 5.23. The molecule has 0 radical (unpaired) electrons. The number of rotatable bonds is 3. The number of imide groups is 1. The van der Waals surface area contributed by atoms with Crippen LogP contribution in [0.25, 0.3) is 32.6 Å². The molecule has 0 saturated carbocycles. The van der Waals surface area contributed by atoms with E-state index in [0.717, 1.165) is 44.8 Å². The molecule has 2 heterocycles. The van der Waals surface area contributed by atoms with Crippen molar-refractivity contribution in [1.82, 2.24) is 4.57 Å². The molecule has 6 rings (SSSR count). The second-order valence-electron chi connectivity index (χ2n) is 8.66. The summed E-state index contributed by atoms with van der Waals surface area (Å²) in [5.41, 5.74) is 4.94. The van der Waals surface area contributed by atoms with Crippen molar-refractivity contribution in [1.29, 1.82) is 0 Å². The lowest BCUT2D eigenvalue weighted by Gasteiger charge is -2.28. The molecule has 2 amide bonds. The van der Waals surface area contributed by atoms with Crippen molar-refractivity contribution in [2.45, 2.75) is 13.5 Å². The summed E-state index contributed by atoms with van der Waals surface area (Å²) < 4.78 is 2.26. The molecule has 5 aromatic rings. The number of aromatic nitrogens is 1. The standard InChI is InChI=1S/C28H23N3O2/c1-4-30-24-11-6-5-8-18(24)22-16-17(12-14-25(22)30)31-27(32)20-10-7-9-19-23(29(2)3)15-13-21(26(19)20)28(31)33/h5-16H,4H2,1-3H3. The Bertz CT molecular complexity index is 1610. The van der Waals surface area contributed by atoms with Gasteiger partial charge in [-0.3, -0.25) is 9.59 Å². The van der Waals surface area contributed by atoms with Crippen LogP contribution in [0.5, 0.6) is 0 Å². The van der Waals surface area contributed by atoms with E-state index in [1.165, 1.54) is 4.90 Å². The molecule has 33 heavy (non-hydrogen) atoms. The number of para-hydroxylation sites is 1. The molecule has 0 fully saturated rings. The Kier molecular flexibility index (Phi) is 4.11. The van der Waals surface area contributed by atoms with Crippen LogP contribution in [0.2, 0.25) is 0 Å². The number of aryl methyl sites for hydroxylation is 1. The summed E-state index contributed by atoms with van der Waals surface area (Å²) in [6, 6.07) is 23.6. The molecule has 0 unspecified atom stereocenters. The van der Waals surface area contributed by atoms with Crippen molar-refractivity contribution in [3.63, 3.8) is 0 Å². The zero-order chi connectivity index (χ0) is 22.9. The van der Waals surface area contributed by atoms with Crippen molar-refractivity contribution in [3.05, 3.63) is 83.9 Å². The maximum atomic E-state index is 13.6. The lowest BCUT2D eigenvalue weighted by molar-refractivity contribution is 0.0893. The summed E-state index contributed by atoms with van der Waals surface area (Å²) in [5, 5.41) is 3.81. The van der Waals surface area contributed by atoms with E-state index in [-0.39, 0.29) is 11.8 Å². The van der Waals surface area contributed by atoms with Crippen molar-refractivity contribution in [2.75, 3.05) is 23.9 Å². The summed E-state index contributed by atoms with van der Waals surface area (Å²) >= 11 is 0. The van der Waals surface area contributed by atoms with Gasteiger partial charge in [-0.05, 0) is 49.4 Å². The SMILES string of the molecule is CCn1c2ccccc2c2cc(N3C(=O)c4cccc5c(N(C)C)ccc(c45)C3=O)ccc21. The summed E-state index contributed by atoms with van der Waals surface area (Å²) in [4.78, 5) is 30.6. The number of nitrogens with zero attached hydrogens (tertiary/aromatic N) is 3. The Hall–Kier alpha value is -4.12. The average Bonchev–Trinajstić information content (AvgIpc) is 3.15. The smallest absolute Gasteiger partial charge is 0.265 e. The van der Waals surface area contributed by atoms with Gasteiger partial charge in [-0.25, -0.2) is 4.90 Å². The number of amides is 2. The monoisotopic (exact) mass is 433 g/mol. The quantitative estimate of drug-likeness (QED) is 0.336. The Morgan fingerprint density at radius 2 is 1.42 bits per heavy atom. The molecule has 4 aromatic carbocycles. The third kappa shape index (κ3) is 2.59. The number of benzene rings is 4. The third-order valence-corrected chi connectivity index (χ3v) is 6.70. The molecular weight excluding hydrogens is 410 g/mol. The molecule has 1 aromatic heterocycles. The van der Waals surface area contributed by atoms with Gasteiger partial charge in [0.2, 0.25) is 0 Å². The van der Waals surface area contributed by atoms with Gasteiger partial charge >= 0.3 is 0 Å². The number of anilines is 2. The van der Waals surface area contributed by atoms with Gasteiger partial charge < -0.3 is 9.47 Å². The minimum absolute atomic E-state index is 0.285. The van der Waals surface area contributed by atoms with Gasteiger partial charge in [0.05, 0.1) is 5.69 Å². The van der Waals surface area contributed by atoms with Crippen LogP contribution in [0.3, 0.4) is 0 Å². The number of carbonyl (C=O) groups is 2. The van der Waals surface area contributed by atoms with Gasteiger partial charge in [-0.2, -0.15) is 0 Å². The Morgan fingerprint density at radius 1 is 0.727 bits per heavy atom. The van der Waals surface area contributed by atoms with Gasteiger partial charge in [-0.1, -0.05) is 30.3 Å². The van der Waals surface area contributed by atoms with E-state index >= 15 is 0 Å². The summed E-state index contributed by atoms with van der Waals surface area (Å²) in [5.74, 6) is -0.569. The molecular formula is C28H23N3O2. The van der Waals surface area contributed by atoms with E-state index in [2.05, 4.69) is 23.6 Å². The van der Waals surface area contributed by atoms with Crippen molar-refractivity contribution in [2.24, 2.45) is 0 Å². The van der Waals surface area contributed by atoms with Crippen LogP contribution in [0.1, 0.15) is 27.6 Å². The zero-order valence-corrected chi connectivity index (χ0v) is 18.8. The molecule has 1 aliphatic heterocycles. The largest absolute Gasteiger partial charge is 0.377 e. The second kappa shape index (κ2) is 6.94. The van der Waals surface area contributed by atoms with Gasteiger partial charge in [0.25, 0.3) is 11.8 Å². The molecule has 0 bridgehead atoms. The van der Waals surface area contributed by atoms with Crippen LogP contribution < -0.4 is 9.80 Å². The summed E-state index contributed by atoms with van der Waals surface area (Å²) in [6.45, 7) is 2.96. The second-order valence-corrected chi connectivity index (χ2v) is 8.66. The zero-order valence-electron chi connectivity index (χ0n) is 18.8. The number of hydrogen-bond donors (Lipinski definition) is 0. The van der Waals surface area contributed by atoms with Gasteiger partial charge in [-0.15, -0.1) is 0 Å². The van der Waals surface area contributed by atoms with E-state index < -0.39 is 0 Å². The van der Waals surface area contributed by atoms with Gasteiger partial charge in [0.15, 0.2) is 0 Å². The predicted molar refractivity (Wildman–Crippen MR) is 135 cm³/mol. The van der Waals surface area contributed by atoms with E-state index in [9.17, 15) is 9.59 Å². The minimum Gasteiger partial charge on any atom is -0.377 e. The van der Waals surface area contributed by atoms with E-state index in [1.54, 1.807) is 0 Å². The summed E-state index contributed by atoms with van der Waals surface area (Å²) in [7, 11) is 3.93. The van der Waals surface area contributed by atoms with Crippen LogP contribution in [0.15, 0.2) is 72.8 Å². The summed E-state index contributed by atoms with van der Waals surface area (Å²) in [6.07, 6.45) is 0. The molecule has 5 heteroatoms. The molecule has 5 nitrogen and oxygen atoms in total. The predicted octanol–water partition coefficient (Wildman–Crippen LogP) is 5.83. The molecule has 0 atom stereocenters. The first-order chi connectivity index (χ1) is 16.0. The fraction of sp³-hybridized carbons (Fsp3) is 0.143.